The van der Waals surface area contributed by atoms with E-state index in [1.807, 2.05) is 0 Å². The molecule has 4 nitrogen and oxygen atoms in total. The van der Waals surface area contributed by atoms with Crippen molar-refractivity contribution in [2.45, 2.75) is 31.7 Å². The van der Waals surface area contributed by atoms with Crippen LogP contribution in [0.2, 0.25) is 0 Å². The zero-order chi connectivity index (χ0) is 7.41. The minimum absolute atomic E-state index is 0.260. The molecule has 0 radical (unpaired) electrons. The number of hydrogen-bond donors (Lipinski definition) is 1. The standard InChI is InChI=1S/C6H10O4/c1-4(7)3-8-6-5(2,9-6)10-6/h4,7H,3H2,1-2H3. The first-order valence-corrected chi connectivity index (χ1v) is 3.30. The van der Waals surface area contributed by atoms with Gasteiger partial charge in [0.2, 0.25) is 0 Å². The Morgan fingerprint density at radius 3 is 2.40 bits per heavy atom. The van der Waals surface area contributed by atoms with Gasteiger partial charge in [-0.2, -0.15) is 0 Å². The molecule has 2 aliphatic rings. The normalized spacial score (nSPS) is 51.9. The molecule has 1 unspecified atom stereocenters. The Labute approximate surface area is 58.7 Å². The second-order valence-electron chi connectivity index (χ2n) is 2.87. The molecule has 2 rings (SSSR count). The van der Waals surface area contributed by atoms with Crippen LogP contribution in [0.1, 0.15) is 13.8 Å². The number of hydrogen-bond acceptors (Lipinski definition) is 4. The van der Waals surface area contributed by atoms with E-state index >= 15 is 0 Å². The molecule has 2 fully saturated rings. The predicted octanol–water partition coefficient (Wildman–Crippen LogP) is -0.186. The summed E-state index contributed by atoms with van der Waals surface area (Å²) in [4.78, 5) is 0. The molecule has 0 saturated carbocycles. The Balaban J connectivity index is 1.75. The highest BCUT2D eigenvalue weighted by Crippen LogP contribution is 2.67. The SMILES string of the molecule is CC(O)COC12OC1(C)O2. The lowest BCUT2D eigenvalue weighted by molar-refractivity contribution is -0.216. The van der Waals surface area contributed by atoms with E-state index in [4.69, 9.17) is 19.3 Å². The van der Waals surface area contributed by atoms with E-state index in [1.165, 1.54) is 0 Å². The average Bonchev–Trinajstić information content (AvgIpc) is 2.48. The van der Waals surface area contributed by atoms with Crippen LogP contribution in [0.4, 0.5) is 0 Å². The van der Waals surface area contributed by atoms with Crippen molar-refractivity contribution in [2.24, 2.45) is 0 Å². The van der Waals surface area contributed by atoms with Gasteiger partial charge in [0.05, 0.1) is 12.7 Å². The molecule has 1 N–H and O–H groups in total. The molecule has 0 amide bonds. The number of epoxide rings is 2. The summed E-state index contributed by atoms with van der Waals surface area (Å²) in [6.45, 7) is 3.71. The van der Waals surface area contributed by atoms with E-state index in [9.17, 15) is 0 Å². The number of aliphatic hydroxyl groups excluding tert-OH is 1. The molecule has 4 heteroatoms. The van der Waals surface area contributed by atoms with Crippen LogP contribution in [-0.2, 0) is 14.2 Å². The minimum Gasteiger partial charge on any atom is -0.391 e. The van der Waals surface area contributed by atoms with Crippen LogP contribution in [0.25, 0.3) is 0 Å². The molecule has 58 valence electrons. The van der Waals surface area contributed by atoms with Crippen molar-refractivity contribution in [3.63, 3.8) is 0 Å². The molecule has 0 aliphatic carbocycles. The van der Waals surface area contributed by atoms with Crippen molar-refractivity contribution in [2.75, 3.05) is 6.61 Å². The van der Waals surface area contributed by atoms with Gasteiger partial charge < -0.3 is 9.84 Å². The van der Waals surface area contributed by atoms with Crippen molar-refractivity contribution < 1.29 is 19.3 Å². The zero-order valence-electron chi connectivity index (χ0n) is 5.96. The van der Waals surface area contributed by atoms with Gasteiger partial charge >= 0.3 is 5.97 Å². The summed E-state index contributed by atoms with van der Waals surface area (Å²) in [5.41, 5.74) is 0. The summed E-state index contributed by atoms with van der Waals surface area (Å²) in [5.74, 6) is -1.26. The number of ether oxygens (including phenoxy) is 3. The highest BCUT2D eigenvalue weighted by molar-refractivity contribution is 5.08. The van der Waals surface area contributed by atoms with Crippen molar-refractivity contribution in [1.82, 2.24) is 0 Å². The van der Waals surface area contributed by atoms with Gasteiger partial charge in [0.1, 0.15) is 0 Å². The van der Waals surface area contributed by atoms with Crippen molar-refractivity contribution >= 4 is 0 Å². The quantitative estimate of drug-likeness (QED) is 0.561. The Kier molecular flexibility index (Phi) is 1.00. The average molecular weight is 146 g/mol. The molecule has 0 aromatic rings. The van der Waals surface area contributed by atoms with Crippen molar-refractivity contribution in [1.29, 1.82) is 0 Å². The summed E-state index contributed by atoms with van der Waals surface area (Å²) < 4.78 is 15.0. The first-order chi connectivity index (χ1) is 4.58. The van der Waals surface area contributed by atoms with E-state index in [0.717, 1.165) is 0 Å². The summed E-state index contributed by atoms with van der Waals surface area (Å²) in [6, 6.07) is 0. The fourth-order valence-electron chi connectivity index (χ4n) is 0.890. The molecular formula is C6H10O4. The number of aliphatic hydroxyl groups is 1. The lowest BCUT2D eigenvalue weighted by Crippen LogP contribution is -2.15. The molecule has 0 bridgehead atoms. The van der Waals surface area contributed by atoms with E-state index < -0.39 is 17.9 Å². The van der Waals surface area contributed by atoms with E-state index in [1.54, 1.807) is 13.8 Å². The van der Waals surface area contributed by atoms with Gasteiger partial charge in [-0.1, -0.05) is 0 Å². The second kappa shape index (κ2) is 1.53. The maximum atomic E-state index is 8.81. The second-order valence-corrected chi connectivity index (χ2v) is 2.87. The van der Waals surface area contributed by atoms with Gasteiger partial charge in [0, 0.05) is 0 Å². The van der Waals surface area contributed by atoms with Crippen LogP contribution >= 0.6 is 0 Å². The molecule has 0 aromatic carbocycles. The summed E-state index contributed by atoms with van der Waals surface area (Å²) in [5, 5.41) is 8.81. The van der Waals surface area contributed by atoms with Crippen LogP contribution < -0.4 is 0 Å². The van der Waals surface area contributed by atoms with Gasteiger partial charge in [0.15, 0.2) is 0 Å². The first-order valence-electron chi connectivity index (χ1n) is 3.30. The lowest BCUT2D eigenvalue weighted by atomic mass is 10.4. The maximum absolute atomic E-state index is 8.81. The van der Waals surface area contributed by atoms with E-state index in [-0.39, 0.29) is 6.61 Å². The topological polar surface area (TPSA) is 54.5 Å². The third kappa shape index (κ3) is 0.703. The molecule has 0 spiro atoms. The summed E-state index contributed by atoms with van der Waals surface area (Å²) in [7, 11) is 0. The summed E-state index contributed by atoms with van der Waals surface area (Å²) >= 11 is 0. The third-order valence-corrected chi connectivity index (χ3v) is 1.65. The van der Waals surface area contributed by atoms with E-state index in [0.29, 0.717) is 0 Å². The van der Waals surface area contributed by atoms with Crippen LogP contribution in [-0.4, -0.2) is 29.6 Å². The Morgan fingerprint density at radius 2 is 2.10 bits per heavy atom. The Hall–Kier alpha value is -0.160. The molecule has 2 aliphatic heterocycles. The van der Waals surface area contributed by atoms with Crippen molar-refractivity contribution in [3.05, 3.63) is 0 Å². The third-order valence-electron chi connectivity index (χ3n) is 1.65. The van der Waals surface area contributed by atoms with Gasteiger partial charge in [-0.3, -0.25) is 9.47 Å². The van der Waals surface area contributed by atoms with Crippen molar-refractivity contribution in [3.8, 4) is 0 Å². The summed E-state index contributed by atoms with van der Waals surface area (Å²) in [6.07, 6.45) is -0.466. The number of fused-ring (bicyclic) bond motifs is 1. The molecule has 1 atom stereocenters. The Bertz CT molecular complexity index is 159. The monoisotopic (exact) mass is 146 g/mol. The predicted molar refractivity (Wildman–Crippen MR) is 30.9 cm³/mol. The fourth-order valence-corrected chi connectivity index (χ4v) is 0.890. The lowest BCUT2D eigenvalue weighted by Gasteiger charge is -2.04. The molecule has 2 saturated heterocycles. The minimum atomic E-state index is -0.774. The van der Waals surface area contributed by atoms with Gasteiger partial charge in [0.25, 0.3) is 5.79 Å². The highest BCUT2D eigenvalue weighted by Gasteiger charge is 2.91. The van der Waals surface area contributed by atoms with Crippen LogP contribution in [0, 0.1) is 0 Å². The fraction of sp³-hybridized carbons (Fsp3) is 1.00. The van der Waals surface area contributed by atoms with Gasteiger partial charge in [-0.15, -0.1) is 0 Å². The largest absolute Gasteiger partial charge is 0.391 e. The van der Waals surface area contributed by atoms with Crippen LogP contribution in [0.5, 0.6) is 0 Å². The maximum Gasteiger partial charge on any atom is 0.346 e. The van der Waals surface area contributed by atoms with Crippen LogP contribution in [0.3, 0.4) is 0 Å². The van der Waals surface area contributed by atoms with Crippen LogP contribution in [0.15, 0.2) is 0 Å². The molecular weight excluding hydrogens is 136 g/mol. The van der Waals surface area contributed by atoms with Gasteiger partial charge in [-0.25, -0.2) is 0 Å². The number of rotatable bonds is 3. The molecule has 10 heavy (non-hydrogen) atoms. The highest BCUT2D eigenvalue weighted by atomic mass is 17.2. The molecule has 2 heterocycles. The van der Waals surface area contributed by atoms with Gasteiger partial charge in [-0.05, 0) is 13.8 Å². The smallest absolute Gasteiger partial charge is 0.346 e. The molecule has 0 aromatic heterocycles. The Morgan fingerprint density at radius 1 is 1.60 bits per heavy atom. The first kappa shape index (κ1) is 6.54. The van der Waals surface area contributed by atoms with E-state index in [2.05, 4.69) is 0 Å². The zero-order valence-corrected chi connectivity index (χ0v) is 5.96.